The zero-order chi connectivity index (χ0) is 21.5. The van der Waals surface area contributed by atoms with Crippen LogP contribution >= 0.6 is 23.5 Å². The van der Waals surface area contributed by atoms with E-state index in [0.717, 1.165) is 40.8 Å². The number of sulfonamides is 1. The molecule has 164 valence electrons. The number of nitrogens with zero attached hydrogens (tertiary/aromatic N) is 1. The second-order valence-corrected chi connectivity index (χ2v) is 12.8. The minimum absolute atomic E-state index is 0.00567. The van der Waals surface area contributed by atoms with Crippen LogP contribution in [0.3, 0.4) is 0 Å². The Hall–Kier alpha value is -1.45. The molecular weight excluding hydrogens is 448 g/mol. The van der Waals surface area contributed by atoms with Crippen LogP contribution in [0.1, 0.15) is 30.1 Å². The van der Waals surface area contributed by atoms with Gasteiger partial charge in [0, 0.05) is 47.3 Å². The minimum atomic E-state index is -3.67. The van der Waals surface area contributed by atoms with Crippen LogP contribution in [0, 0.1) is 0 Å². The van der Waals surface area contributed by atoms with Crippen molar-refractivity contribution in [1.29, 1.82) is 0 Å². The van der Waals surface area contributed by atoms with Crippen molar-refractivity contribution in [2.24, 2.45) is 0 Å². The Morgan fingerprint density at radius 1 is 1.10 bits per heavy atom. The van der Waals surface area contributed by atoms with Gasteiger partial charge in [0.25, 0.3) is 0 Å². The molecule has 1 aliphatic carbocycles. The van der Waals surface area contributed by atoms with Gasteiger partial charge in [-0.15, -0.1) is 23.5 Å². The molecule has 1 unspecified atom stereocenters. The summed E-state index contributed by atoms with van der Waals surface area (Å²) in [6.45, 7) is 0.680. The lowest BCUT2D eigenvalue weighted by atomic mass is 9.89. The number of hydrogen-bond donors (Lipinski definition) is 1. The maximum atomic E-state index is 13.8. The highest BCUT2D eigenvalue weighted by atomic mass is 32.2. The zero-order valence-corrected chi connectivity index (χ0v) is 19.9. The van der Waals surface area contributed by atoms with E-state index in [0.29, 0.717) is 18.0 Å². The maximum absolute atomic E-state index is 13.8. The summed E-state index contributed by atoms with van der Waals surface area (Å²) < 4.78 is 34.5. The predicted octanol–water partition coefficient (Wildman–Crippen LogP) is 4.97. The Bertz CT molecular complexity index is 1170. The van der Waals surface area contributed by atoms with Gasteiger partial charge in [-0.3, -0.25) is 0 Å². The first kappa shape index (κ1) is 21.4. The van der Waals surface area contributed by atoms with Gasteiger partial charge in [0.05, 0.1) is 17.5 Å². The van der Waals surface area contributed by atoms with Crippen molar-refractivity contribution >= 4 is 44.4 Å². The number of fused-ring (bicyclic) bond motifs is 4. The predicted molar refractivity (Wildman–Crippen MR) is 129 cm³/mol. The van der Waals surface area contributed by atoms with E-state index < -0.39 is 10.0 Å². The summed E-state index contributed by atoms with van der Waals surface area (Å²) in [5, 5.41) is 1.13. The third-order valence-corrected chi connectivity index (χ3v) is 11.6. The number of methoxy groups -OCH3 is 1. The molecule has 3 aromatic rings. The number of nitrogens with one attached hydrogen (secondary N) is 1. The Kier molecular flexibility index (Phi) is 5.85. The second-order valence-electron chi connectivity index (χ2n) is 7.89. The highest BCUT2D eigenvalue weighted by Crippen LogP contribution is 2.61. The van der Waals surface area contributed by atoms with E-state index >= 15 is 0 Å². The summed E-state index contributed by atoms with van der Waals surface area (Å²) in [6.07, 6.45) is 1.74. The van der Waals surface area contributed by atoms with Crippen LogP contribution in [0.2, 0.25) is 0 Å². The number of aromatic amines is 1. The van der Waals surface area contributed by atoms with Crippen molar-refractivity contribution in [2.45, 2.75) is 27.9 Å². The molecule has 0 amide bonds. The molecule has 31 heavy (non-hydrogen) atoms. The van der Waals surface area contributed by atoms with Crippen LogP contribution in [-0.4, -0.2) is 49.5 Å². The van der Waals surface area contributed by atoms with E-state index in [4.69, 9.17) is 4.74 Å². The largest absolute Gasteiger partial charge is 0.383 e. The summed E-state index contributed by atoms with van der Waals surface area (Å²) in [4.78, 5) is 4.02. The first-order chi connectivity index (χ1) is 15.1. The van der Waals surface area contributed by atoms with Gasteiger partial charge in [0.15, 0.2) is 0 Å². The van der Waals surface area contributed by atoms with E-state index in [9.17, 15) is 8.42 Å². The molecule has 1 atom stereocenters. The highest BCUT2D eigenvalue weighted by Gasteiger charge is 2.48. The molecular formula is C23H26N2O3S3. The number of benzene rings is 2. The summed E-state index contributed by atoms with van der Waals surface area (Å²) in [5.41, 5.74) is 3.41. The number of H-pyrrole nitrogens is 1. The van der Waals surface area contributed by atoms with Crippen molar-refractivity contribution in [2.75, 3.05) is 31.8 Å². The third kappa shape index (κ3) is 3.62. The Balaban J connectivity index is 1.67. The van der Waals surface area contributed by atoms with Crippen LogP contribution in [0.5, 0.6) is 0 Å². The first-order valence-electron chi connectivity index (χ1n) is 10.5. The number of rotatable bonds is 6. The summed E-state index contributed by atoms with van der Waals surface area (Å²) in [6, 6.07) is 16.8. The number of hydrogen-bond acceptors (Lipinski definition) is 5. The lowest BCUT2D eigenvalue weighted by Gasteiger charge is -2.40. The van der Waals surface area contributed by atoms with Gasteiger partial charge in [-0.1, -0.05) is 36.4 Å². The molecule has 8 heteroatoms. The molecule has 2 aliphatic rings. The van der Waals surface area contributed by atoms with Crippen molar-refractivity contribution in [1.82, 2.24) is 9.29 Å². The lowest BCUT2D eigenvalue weighted by Crippen LogP contribution is -2.40. The monoisotopic (exact) mass is 474 g/mol. The fourth-order valence-electron chi connectivity index (χ4n) is 4.79. The zero-order valence-electron chi connectivity index (χ0n) is 17.4. The van der Waals surface area contributed by atoms with Gasteiger partial charge in [-0.25, -0.2) is 8.42 Å². The summed E-state index contributed by atoms with van der Waals surface area (Å²) in [7, 11) is -2.05. The summed E-state index contributed by atoms with van der Waals surface area (Å²) >= 11 is 4.00. The average molecular weight is 475 g/mol. The van der Waals surface area contributed by atoms with Gasteiger partial charge in [0.2, 0.25) is 10.0 Å². The quantitative estimate of drug-likeness (QED) is 0.546. The molecule has 1 aliphatic heterocycles. The van der Waals surface area contributed by atoms with E-state index in [1.54, 1.807) is 35.7 Å². The molecule has 0 bridgehead atoms. The fraction of sp³-hybridized carbons (Fsp3) is 0.391. The minimum Gasteiger partial charge on any atom is -0.383 e. The first-order valence-corrected chi connectivity index (χ1v) is 13.9. The van der Waals surface area contributed by atoms with Gasteiger partial charge < -0.3 is 9.72 Å². The molecule has 2 aromatic carbocycles. The van der Waals surface area contributed by atoms with E-state index in [1.165, 1.54) is 5.69 Å². The SMILES string of the molecule is COCCN(C1CCC2(SCCS2)c2[nH]c3ccccc3c21)S(=O)(=O)c1ccccc1. The molecule has 0 saturated carbocycles. The van der Waals surface area contributed by atoms with E-state index in [-0.39, 0.29) is 10.1 Å². The van der Waals surface area contributed by atoms with E-state index in [2.05, 4.69) is 17.1 Å². The van der Waals surface area contributed by atoms with Crippen LogP contribution < -0.4 is 0 Å². The fourth-order valence-corrected chi connectivity index (χ4v) is 9.72. The lowest BCUT2D eigenvalue weighted by molar-refractivity contribution is 0.161. The molecule has 1 spiro atoms. The van der Waals surface area contributed by atoms with Crippen LogP contribution in [0.25, 0.3) is 10.9 Å². The molecule has 1 saturated heterocycles. The maximum Gasteiger partial charge on any atom is 0.243 e. The standard InChI is InChI=1S/C23H26N2O3S3/c1-28-14-13-25(31(26,27)17-7-3-2-4-8-17)20-11-12-23(29-15-16-30-23)22-21(20)18-9-5-6-10-19(18)24-22/h2-10,20,24H,11-16H2,1H3. The molecule has 1 fully saturated rings. The van der Waals surface area contributed by atoms with Gasteiger partial charge >= 0.3 is 0 Å². The third-order valence-electron chi connectivity index (χ3n) is 6.17. The number of aromatic nitrogens is 1. The molecule has 2 heterocycles. The molecule has 0 radical (unpaired) electrons. The van der Waals surface area contributed by atoms with Gasteiger partial charge in [0.1, 0.15) is 4.08 Å². The van der Waals surface area contributed by atoms with E-state index in [1.807, 2.05) is 41.7 Å². The Morgan fingerprint density at radius 2 is 1.81 bits per heavy atom. The molecule has 5 nitrogen and oxygen atoms in total. The number of thioether (sulfide) groups is 2. The number of ether oxygens (including phenoxy) is 1. The smallest absolute Gasteiger partial charge is 0.243 e. The molecule has 1 N–H and O–H groups in total. The van der Waals surface area contributed by atoms with Gasteiger partial charge in [-0.2, -0.15) is 4.31 Å². The Morgan fingerprint density at radius 3 is 2.55 bits per heavy atom. The highest BCUT2D eigenvalue weighted by molar-refractivity contribution is 8.20. The number of para-hydroxylation sites is 1. The normalized spacial score (nSPS) is 20.5. The van der Waals surface area contributed by atoms with Crippen molar-refractivity contribution in [3.05, 3.63) is 65.9 Å². The van der Waals surface area contributed by atoms with Gasteiger partial charge in [-0.05, 0) is 31.0 Å². The second kappa shape index (κ2) is 8.48. The van der Waals surface area contributed by atoms with Crippen molar-refractivity contribution in [3.63, 3.8) is 0 Å². The van der Waals surface area contributed by atoms with Crippen LogP contribution in [-0.2, 0) is 18.8 Å². The molecule has 1 aromatic heterocycles. The summed E-state index contributed by atoms with van der Waals surface area (Å²) in [5.74, 6) is 2.25. The average Bonchev–Trinajstić information content (AvgIpc) is 3.42. The van der Waals surface area contributed by atoms with Crippen LogP contribution in [0.4, 0.5) is 0 Å². The topological polar surface area (TPSA) is 62.4 Å². The van der Waals surface area contributed by atoms with Crippen molar-refractivity contribution in [3.8, 4) is 0 Å². The van der Waals surface area contributed by atoms with Crippen LogP contribution in [0.15, 0.2) is 59.5 Å². The molecule has 5 rings (SSSR count). The Labute approximate surface area is 192 Å². The van der Waals surface area contributed by atoms with Crippen molar-refractivity contribution < 1.29 is 13.2 Å².